The normalized spacial score (nSPS) is 20.5. The van der Waals surface area contributed by atoms with Crippen LogP contribution >= 0.6 is 0 Å². The average Bonchev–Trinajstić information content (AvgIpc) is 2.81. The molecule has 0 radical (unpaired) electrons. The van der Waals surface area contributed by atoms with E-state index < -0.39 is 11.8 Å². The van der Waals surface area contributed by atoms with Gasteiger partial charge in [0, 0.05) is 5.92 Å². The third-order valence-corrected chi connectivity index (χ3v) is 5.42. The standard InChI is InChI=1S/C25H25N3O3/c1-2-31-20-16-10-9-15-19(20)26-24(29)22-21(17-11-5-3-6-12-17)23(27-28-25(22)30)18-13-7-4-8-14-18/h3-16,21-23,27H,2H2,1H3,(H,26,29)(H,28,30). The second-order valence-corrected chi connectivity index (χ2v) is 7.35. The lowest BCUT2D eigenvalue weighted by molar-refractivity contribution is -0.137. The second kappa shape index (κ2) is 9.45. The predicted molar refractivity (Wildman–Crippen MR) is 119 cm³/mol. The molecule has 3 atom stereocenters. The molecule has 158 valence electrons. The van der Waals surface area contributed by atoms with Crippen LogP contribution in [0.2, 0.25) is 0 Å². The third kappa shape index (κ3) is 4.44. The molecule has 0 bridgehead atoms. The quantitative estimate of drug-likeness (QED) is 0.535. The van der Waals surface area contributed by atoms with Gasteiger partial charge in [-0.3, -0.25) is 15.0 Å². The van der Waals surface area contributed by atoms with E-state index in [2.05, 4.69) is 16.2 Å². The summed E-state index contributed by atoms with van der Waals surface area (Å²) in [5.74, 6) is -1.49. The first-order valence-electron chi connectivity index (χ1n) is 10.4. The summed E-state index contributed by atoms with van der Waals surface area (Å²) < 4.78 is 5.63. The van der Waals surface area contributed by atoms with Gasteiger partial charge in [-0.05, 0) is 30.2 Å². The van der Waals surface area contributed by atoms with Crippen molar-refractivity contribution in [3.8, 4) is 5.75 Å². The van der Waals surface area contributed by atoms with Gasteiger partial charge in [0.1, 0.15) is 11.7 Å². The summed E-state index contributed by atoms with van der Waals surface area (Å²) in [5.41, 5.74) is 8.26. The Kier molecular flexibility index (Phi) is 6.29. The first kappa shape index (κ1) is 20.6. The molecule has 3 aromatic rings. The van der Waals surface area contributed by atoms with Crippen molar-refractivity contribution in [1.29, 1.82) is 0 Å². The molecule has 3 unspecified atom stereocenters. The predicted octanol–water partition coefficient (Wildman–Crippen LogP) is 3.80. The van der Waals surface area contributed by atoms with Gasteiger partial charge in [-0.1, -0.05) is 72.8 Å². The molecule has 1 saturated heterocycles. The van der Waals surface area contributed by atoms with Gasteiger partial charge in [0.15, 0.2) is 0 Å². The van der Waals surface area contributed by atoms with E-state index in [1.54, 1.807) is 12.1 Å². The number of hydrazine groups is 1. The minimum absolute atomic E-state index is 0.265. The summed E-state index contributed by atoms with van der Waals surface area (Å²) in [6.07, 6.45) is 0. The third-order valence-electron chi connectivity index (χ3n) is 5.42. The summed E-state index contributed by atoms with van der Waals surface area (Å²) in [6, 6.07) is 26.5. The number of carbonyl (C=O) groups excluding carboxylic acids is 2. The molecule has 4 rings (SSSR count). The zero-order valence-corrected chi connectivity index (χ0v) is 17.2. The van der Waals surface area contributed by atoms with Crippen molar-refractivity contribution in [2.75, 3.05) is 11.9 Å². The highest BCUT2D eigenvalue weighted by atomic mass is 16.5. The van der Waals surface area contributed by atoms with Crippen LogP contribution in [-0.4, -0.2) is 18.4 Å². The van der Waals surface area contributed by atoms with Gasteiger partial charge >= 0.3 is 0 Å². The summed E-state index contributed by atoms with van der Waals surface area (Å²) in [7, 11) is 0. The summed E-state index contributed by atoms with van der Waals surface area (Å²) in [6.45, 7) is 2.36. The average molecular weight is 415 g/mol. The van der Waals surface area contributed by atoms with Gasteiger partial charge < -0.3 is 10.1 Å². The highest BCUT2D eigenvalue weighted by Crippen LogP contribution is 2.40. The zero-order chi connectivity index (χ0) is 21.6. The molecule has 1 heterocycles. The molecule has 0 aromatic heterocycles. The Balaban J connectivity index is 1.71. The molecule has 1 aliphatic rings. The van der Waals surface area contributed by atoms with Crippen molar-refractivity contribution in [3.05, 3.63) is 96.1 Å². The van der Waals surface area contributed by atoms with Crippen molar-refractivity contribution in [2.45, 2.75) is 18.9 Å². The van der Waals surface area contributed by atoms with Crippen LogP contribution < -0.4 is 20.9 Å². The van der Waals surface area contributed by atoms with Crippen molar-refractivity contribution >= 4 is 17.5 Å². The van der Waals surface area contributed by atoms with Crippen LogP contribution in [0.4, 0.5) is 5.69 Å². The molecular formula is C25H25N3O3. The fourth-order valence-electron chi connectivity index (χ4n) is 4.03. The van der Waals surface area contributed by atoms with E-state index in [1.807, 2.05) is 79.7 Å². The number of hydrogen-bond acceptors (Lipinski definition) is 4. The summed E-state index contributed by atoms with van der Waals surface area (Å²) in [5, 5.41) is 2.91. The highest BCUT2D eigenvalue weighted by Gasteiger charge is 2.44. The van der Waals surface area contributed by atoms with Crippen LogP contribution in [-0.2, 0) is 9.59 Å². The van der Waals surface area contributed by atoms with Crippen LogP contribution in [0.15, 0.2) is 84.9 Å². The van der Waals surface area contributed by atoms with Gasteiger partial charge in [-0.2, -0.15) is 0 Å². The van der Waals surface area contributed by atoms with Crippen LogP contribution in [0.25, 0.3) is 0 Å². The molecule has 6 nitrogen and oxygen atoms in total. The number of amides is 2. The van der Waals surface area contributed by atoms with Gasteiger partial charge in [0.05, 0.1) is 18.3 Å². The van der Waals surface area contributed by atoms with Crippen LogP contribution in [0.5, 0.6) is 5.75 Å². The van der Waals surface area contributed by atoms with Crippen molar-refractivity contribution in [1.82, 2.24) is 10.9 Å². The lowest BCUT2D eigenvalue weighted by Crippen LogP contribution is -2.56. The minimum atomic E-state index is -0.927. The second-order valence-electron chi connectivity index (χ2n) is 7.35. The number of hydrogen-bond donors (Lipinski definition) is 3. The van der Waals surface area contributed by atoms with Gasteiger partial charge in [0.2, 0.25) is 11.8 Å². The van der Waals surface area contributed by atoms with Gasteiger partial charge in [0.25, 0.3) is 0 Å². The van der Waals surface area contributed by atoms with E-state index in [4.69, 9.17) is 4.74 Å². The topological polar surface area (TPSA) is 79.5 Å². The molecule has 31 heavy (non-hydrogen) atoms. The Morgan fingerprint density at radius 1 is 0.903 bits per heavy atom. The number of nitrogens with one attached hydrogen (secondary N) is 3. The molecule has 0 spiro atoms. The number of anilines is 1. The van der Waals surface area contributed by atoms with E-state index in [1.165, 1.54) is 0 Å². The number of para-hydroxylation sites is 2. The minimum Gasteiger partial charge on any atom is -0.492 e. The Hall–Kier alpha value is -3.64. The SMILES string of the molecule is CCOc1ccccc1NC(=O)C1C(=O)NNC(c2ccccc2)C1c1ccccc1. The van der Waals surface area contributed by atoms with Gasteiger partial charge in [-0.25, -0.2) is 5.43 Å². The Morgan fingerprint density at radius 2 is 1.52 bits per heavy atom. The van der Waals surface area contributed by atoms with E-state index in [0.717, 1.165) is 11.1 Å². The van der Waals surface area contributed by atoms with E-state index >= 15 is 0 Å². The largest absolute Gasteiger partial charge is 0.492 e. The first-order chi connectivity index (χ1) is 15.2. The number of ether oxygens (including phenoxy) is 1. The summed E-state index contributed by atoms with van der Waals surface area (Å²) >= 11 is 0. The monoisotopic (exact) mass is 415 g/mol. The number of benzene rings is 3. The fourth-order valence-corrected chi connectivity index (χ4v) is 4.03. The molecule has 1 aliphatic heterocycles. The number of rotatable bonds is 6. The van der Waals surface area contributed by atoms with Crippen LogP contribution in [0.1, 0.15) is 30.0 Å². The molecule has 3 N–H and O–H groups in total. The lowest BCUT2D eigenvalue weighted by atomic mass is 9.76. The Morgan fingerprint density at radius 3 is 2.19 bits per heavy atom. The first-order valence-corrected chi connectivity index (χ1v) is 10.4. The zero-order valence-electron chi connectivity index (χ0n) is 17.2. The van der Waals surface area contributed by atoms with E-state index in [9.17, 15) is 9.59 Å². The summed E-state index contributed by atoms with van der Waals surface area (Å²) in [4.78, 5) is 26.4. The number of carbonyl (C=O) groups is 2. The van der Waals surface area contributed by atoms with Crippen molar-refractivity contribution in [3.63, 3.8) is 0 Å². The molecule has 0 aliphatic carbocycles. The van der Waals surface area contributed by atoms with E-state index in [-0.39, 0.29) is 17.9 Å². The maximum atomic E-state index is 13.4. The molecule has 2 amide bonds. The molecule has 0 saturated carbocycles. The van der Waals surface area contributed by atoms with Crippen molar-refractivity contribution in [2.24, 2.45) is 5.92 Å². The highest BCUT2D eigenvalue weighted by molar-refractivity contribution is 6.08. The van der Waals surface area contributed by atoms with Crippen LogP contribution in [0.3, 0.4) is 0 Å². The maximum Gasteiger partial charge on any atom is 0.247 e. The molecular weight excluding hydrogens is 390 g/mol. The Bertz CT molecular complexity index is 1040. The smallest absolute Gasteiger partial charge is 0.247 e. The van der Waals surface area contributed by atoms with Crippen LogP contribution in [0, 0.1) is 5.92 Å². The van der Waals surface area contributed by atoms with Gasteiger partial charge in [-0.15, -0.1) is 0 Å². The molecule has 6 heteroatoms. The van der Waals surface area contributed by atoms with E-state index in [0.29, 0.717) is 18.0 Å². The van der Waals surface area contributed by atoms with Crippen molar-refractivity contribution < 1.29 is 14.3 Å². The Labute approximate surface area is 181 Å². The molecule has 1 fully saturated rings. The lowest BCUT2D eigenvalue weighted by Gasteiger charge is -2.38. The maximum absolute atomic E-state index is 13.4. The fraction of sp³-hybridized carbons (Fsp3) is 0.200. The molecule has 3 aromatic carbocycles.